The first kappa shape index (κ1) is 18.6. The predicted octanol–water partition coefficient (Wildman–Crippen LogP) is 2.58. The molecule has 10 heteroatoms. The molecule has 3 rings (SSSR count). The zero-order chi connectivity index (χ0) is 19.2. The van der Waals surface area contributed by atoms with Gasteiger partial charge >= 0.3 is 0 Å². The number of amides is 1. The number of thioether (sulfide) groups is 1. The fraction of sp³-hybridized carbons (Fsp3) is 0.118. The molecule has 0 spiro atoms. The SMILES string of the molecule is Nn1c(COc2ccc(F)cc2)nnc1SCC(=O)Nc1cccc(F)c1. The highest BCUT2D eigenvalue weighted by Gasteiger charge is 2.13. The molecule has 0 atom stereocenters. The van der Waals surface area contributed by atoms with Crippen LogP contribution in [-0.2, 0) is 11.4 Å². The molecule has 140 valence electrons. The van der Waals surface area contributed by atoms with E-state index in [4.69, 9.17) is 10.6 Å². The number of benzene rings is 2. The molecule has 0 radical (unpaired) electrons. The Morgan fingerprint density at radius 2 is 1.93 bits per heavy atom. The summed E-state index contributed by atoms with van der Waals surface area (Å²) in [6.07, 6.45) is 0. The van der Waals surface area contributed by atoms with Crippen LogP contribution >= 0.6 is 11.8 Å². The maximum atomic E-state index is 13.1. The van der Waals surface area contributed by atoms with Crippen molar-refractivity contribution in [3.8, 4) is 5.75 Å². The summed E-state index contributed by atoms with van der Waals surface area (Å²) in [6, 6.07) is 11.1. The highest BCUT2D eigenvalue weighted by Crippen LogP contribution is 2.17. The minimum absolute atomic E-state index is 0.0185. The molecule has 3 aromatic rings. The molecule has 1 amide bonds. The highest BCUT2D eigenvalue weighted by molar-refractivity contribution is 7.99. The third-order valence-electron chi connectivity index (χ3n) is 3.36. The normalized spacial score (nSPS) is 10.6. The minimum atomic E-state index is -0.437. The Labute approximate surface area is 157 Å². The summed E-state index contributed by atoms with van der Waals surface area (Å²) < 4.78 is 32.7. The standard InChI is InChI=1S/C17H15F2N5O2S/c18-11-4-6-14(7-5-11)26-9-15-22-23-17(24(15)20)27-10-16(25)21-13-3-1-2-12(19)8-13/h1-8H,9-10,20H2,(H,21,25). The Hall–Kier alpha value is -3.14. The van der Waals surface area contributed by atoms with Gasteiger partial charge in [-0.3, -0.25) is 4.79 Å². The number of nitrogens with one attached hydrogen (secondary N) is 1. The van der Waals surface area contributed by atoms with E-state index >= 15 is 0 Å². The smallest absolute Gasteiger partial charge is 0.234 e. The minimum Gasteiger partial charge on any atom is -0.486 e. The van der Waals surface area contributed by atoms with Gasteiger partial charge in [0.1, 0.15) is 24.0 Å². The summed E-state index contributed by atoms with van der Waals surface area (Å²) in [7, 11) is 0. The van der Waals surface area contributed by atoms with Crippen molar-refractivity contribution in [1.29, 1.82) is 0 Å². The van der Waals surface area contributed by atoms with Gasteiger partial charge in [-0.15, -0.1) is 10.2 Å². The van der Waals surface area contributed by atoms with Crippen molar-refractivity contribution in [3.05, 3.63) is 66.0 Å². The van der Waals surface area contributed by atoms with Crippen molar-refractivity contribution < 1.29 is 18.3 Å². The van der Waals surface area contributed by atoms with E-state index in [-0.39, 0.29) is 24.1 Å². The molecule has 1 heterocycles. The van der Waals surface area contributed by atoms with E-state index in [2.05, 4.69) is 15.5 Å². The third kappa shape index (κ3) is 5.17. The maximum Gasteiger partial charge on any atom is 0.234 e. The molecule has 27 heavy (non-hydrogen) atoms. The number of aromatic nitrogens is 3. The van der Waals surface area contributed by atoms with Gasteiger partial charge in [0, 0.05) is 5.69 Å². The highest BCUT2D eigenvalue weighted by atomic mass is 32.2. The molecular weight excluding hydrogens is 376 g/mol. The molecule has 0 saturated heterocycles. The van der Waals surface area contributed by atoms with Gasteiger partial charge in [0.05, 0.1) is 5.75 Å². The number of hydrogen-bond acceptors (Lipinski definition) is 6. The topological polar surface area (TPSA) is 95.1 Å². The summed E-state index contributed by atoms with van der Waals surface area (Å²) in [4.78, 5) is 11.9. The summed E-state index contributed by atoms with van der Waals surface area (Å²) in [5.74, 6) is 5.59. The van der Waals surface area contributed by atoms with Gasteiger partial charge in [0.25, 0.3) is 0 Å². The number of carbonyl (C=O) groups excluding carboxylic acids is 1. The lowest BCUT2D eigenvalue weighted by molar-refractivity contribution is -0.113. The predicted molar refractivity (Wildman–Crippen MR) is 96.7 cm³/mol. The number of hydrogen-bond donors (Lipinski definition) is 2. The molecular formula is C17H15F2N5O2S. The van der Waals surface area contributed by atoms with Crippen molar-refractivity contribution >= 4 is 23.4 Å². The number of nitrogens with zero attached hydrogens (tertiary/aromatic N) is 3. The van der Waals surface area contributed by atoms with E-state index in [1.807, 2.05) is 0 Å². The zero-order valence-corrected chi connectivity index (χ0v) is 14.7. The van der Waals surface area contributed by atoms with Crippen LogP contribution in [0.2, 0.25) is 0 Å². The van der Waals surface area contributed by atoms with Crippen LogP contribution in [0.25, 0.3) is 0 Å². The summed E-state index contributed by atoms with van der Waals surface area (Å²) >= 11 is 1.08. The fourth-order valence-corrected chi connectivity index (χ4v) is 2.75. The molecule has 0 aliphatic rings. The number of nitrogen functional groups attached to an aromatic ring is 1. The first-order valence-electron chi connectivity index (χ1n) is 7.77. The van der Waals surface area contributed by atoms with Gasteiger partial charge in [-0.1, -0.05) is 17.8 Å². The van der Waals surface area contributed by atoms with Gasteiger partial charge in [0.2, 0.25) is 11.1 Å². The Bertz CT molecular complexity index is 933. The van der Waals surface area contributed by atoms with E-state index in [0.717, 1.165) is 11.8 Å². The number of rotatable bonds is 7. The molecule has 3 N–H and O–H groups in total. The van der Waals surface area contributed by atoms with E-state index in [1.165, 1.54) is 47.1 Å². The van der Waals surface area contributed by atoms with Crippen molar-refractivity contribution in [2.24, 2.45) is 0 Å². The number of anilines is 1. The second-order valence-electron chi connectivity index (χ2n) is 5.36. The number of ether oxygens (including phenoxy) is 1. The van der Waals surface area contributed by atoms with Crippen LogP contribution in [0.5, 0.6) is 5.75 Å². The van der Waals surface area contributed by atoms with E-state index in [1.54, 1.807) is 6.07 Å². The van der Waals surface area contributed by atoms with Gasteiger partial charge in [-0.25, -0.2) is 13.5 Å². The lowest BCUT2D eigenvalue weighted by Crippen LogP contribution is -2.18. The molecule has 2 aromatic carbocycles. The van der Waals surface area contributed by atoms with Gasteiger partial charge in [-0.2, -0.15) is 0 Å². The van der Waals surface area contributed by atoms with Crippen LogP contribution in [0.4, 0.5) is 14.5 Å². The molecule has 0 bridgehead atoms. The molecule has 0 fully saturated rings. The summed E-state index contributed by atoms with van der Waals surface area (Å²) in [6.45, 7) is 0.0329. The molecule has 1 aromatic heterocycles. The van der Waals surface area contributed by atoms with Crippen LogP contribution in [0, 0.1) is 11.6 Å². The molecule has 0 aliphatic carbocycles. The van der Waals surface area contributed by atoms with Crippen LogP contribution in [-0.4, -0.2) is 26.5 Å². The lowest BCUT2D eigenvalue weighted by atomic mass is 10.3. The van der Waals surface area contributed by atoms with Gasteiger partial charge < -0.3 is 15.9 Å². The summed E-state index contributed by atoms with van der Waals surface area (Å²) in [5.41, 5.74) is 0.364. The Balaban J connectivity index is 1.52. The van der Waals surface area contributed by atoms with Gasteiger partial charge in [-0.05, 0) is 42.5 Å². The van der Waals surface area contributed by atoms with Crippen LogP contribution < -0.4 is 15.9 Å². The van der Waals surface area contributed by atoms with E-state index < -0.39 is 5.82 Å². The monoisotopic (exact) mass is 391 g/mol. The van der Waals surface area contributed by atoms with Crippen molar-refractivity contribution in [2.75, 3.05) is 16.9 Å². The molecule has 0 aliphatic heterocycles. The summed E-state index contributed by atoms with van der Waals surface area (Å²) in [5, 5.41) is 10.7. The average molecular weight is 391 g/mol. The second kappa shape index (κ2) is 8.49. The van der Waals surface area contributed by atoms with Gasteiger partial charge in [0.15, 0.2) is 5.82 Å². The van der Waals surface area contributed by atoms with E-state index in [0.29, 0.717) is 22.4 Å². The Kier molecular flexibility index (Phi) is 5.87. The third-order valence-corrected chi connectivity index (χ3v) is 4.30. The molecule has 7 nitrogen and oxygen atoms in total. The molecule has 0 saturated carbocycles. The average Bonchev–Trinajstić information content (AvgIpc) is 2.99. The Morgan fingerprint density at radius 1 is 1.15 bits per heavy atom. The first-order valence-corrected chi connectivity index (χ1v) is 8.76. The van der Waals surface area contributed by atoms with Crippen molar-refractivity contribution in [3.63, 3.8) is 0 Å². The van der Waals surface area contributed by atoms with Crippen LogP contribution in [0.15, 0.2) is 53.7 Å². The zero-order valence-electron chi connectivity index (χ0n) is 13.9. The van der Waals surface area contributed by atoms with Crippen LogP contribution in [0.3, 0.4) is 0 Å². The van der Waals surface area contributed by atoms with Crippen LogP contribution in [0.1, 0.15) is 5.82 Å². The lowest BCUT2D eigenvalue weighted by Gasteiger charge is -2.07. The molecule has 0 unspecified atom stereocenters. The largest absolute Gasteiger partial charge is 0.486 e. The number of halogens is 2. The quantitative estimate of drug-likeness (QED) is 0.475. The fourth-order valence-electron chi connectivity index (χ4n) is 2.08. The van der Waals surface area contributed by atoms with E-state index in [9.17, 15) is 13.6 Å². The van der Waals surface area contributed by atoms with Crippen molar-refractivity contribution in [2.45, 2.75) is 11.8 Å². The number of nitrogens with two attached hydrogens (primary N) is 1. The Morgan fingerprint density at radius 3 is 2.67 bits per heavy atom. The maximum absolute atomic E-state index is 13.1. The van der Waals surface area contributed by atoms with Crippen molar-refractivity contribution in [1.82, 2.24) is 14.9 Å². The second-order valence-corrected chi connectivity index (χ2v) is 6.30. The first-order chi connectivity index (χ1) is 13.0. The number of carbonyl (C=O) groups is 1.